The van der Waals surface area contributed by atoms with E-state index in [4.69, 9.17) is 15.2 Å². The molecule has 0 bridgehead atoms. The molecule has 0 spiro atoms. The van der Waals surface area contributed by atoms with Crippen LogP contribution in [0.25, 0.3) is 0 Å². The van der Waals surface area contributed by atoms with Crippen LogP contribution in [0.5, 0.6) is 5.75 Å². The highest BCUT2D eigenvalue weighted by atomic mass is 19.4. The summed E-state index contributed by atoms with van der Waals surface area (Å²) in [6.45, 7) is 0.906. The van der Waals surface area contributed by atoms with Crippen molar-refractivity contribution in [1.82, 2.24) is 0 Å². The maximum atomic E-state index is 13.0. The lowest BCUT2D eigenvalue weighted by molar-refractivity contribution is -0.137. The van der Waals surface area contributed by atoms with Crippen molar-refractivity contribution >= 4 is 11.6 Å². The number of anilines is 1. The largest absolute Gasteiger partial charge is 0.493 e. The molecule has 0 heterocycles. The van der Waals surface area contributed by atoms with E-state index in [-0.39, 0.29) is 23.4 Å². The van der Waals surface area contributed by atoms with Crippen molar-refractivity contribution in [3.63, 3.8) is 0 Å². The van der Waals surface area contributed by atoms with Gasteiger partial charge in [0.1, 0.15) is 5.75 Å². The van der Waals surface area contributed by atoms with Gasteiger partial charge in [0.25, 0.3) is 5.91 Å². The summed E-state index contributed by atoms with van der Waals surface area (Å²) >= 11 is 0. The number of methoxy groups -OCH3 is 1. The first-order chi connectivity index (χ1) is 12.8. The number of carbonyl (C=O) groups excluding carboxylic acids is 1. The number of amides is 1. The Morgan fingerprint density at radius 3 is 2.59 bits per heavy atom. The number of nitrogens with two attached hydrogens (primary N) is 1. The molecule has 0 aromatic heterocycles. The van der Waals surface area contributed by atoms with Crippen molar-refractivity contribution in [2.45, 2.75) is 19.1 Å². The molecule has 0 fully saturated rings. The van der Waals surface area contributed by atoms with E-state index >= 15 is 0 Å². The standard InChI is InChI=1S/C19H21F3N2O3/c1-26-6-3-7-27-17-5-2-4-14(10-17)18(25)24-16-9-13(12-23)8-15(11-16)19(20,21)22/h2,4-5,8-11H,3,6-7,12,23H2,1H3,(H,24,25). The molecule has 0 saturated heterocycles. The van der Waals surface area contributed by atoms with Gasteiger partial charge < -0.3 is 20.5 Å². The van der Waals surface area contributed by atoms with E-state index in [0.717, 1.165) is 12.1 Å². The molecule has 1 amide bonds. The summed E-state index contributed by atoms with van der Waals surface area (Å²) in [7, 11) is 1.59. The number of carbonyl (C=O) groups is 1. The monoisotopic (exact) mass is 382 g/mol. The predicted octanol–water partition coefficient (Wildman–Crippen LogP) is 3.83. The number of hydrogen-bond acceptors (Lipinski definition) is 4. The third-order valence-corrected chi connectivity index (χ3v) is 3.67. The smallest absolute Gasteiger partial charge is 0.416 e. The van der Waals surface area contributed by atoms with Gasteiger partial charge in [-0.25, -0.2) is 0 Å². The summed E-state index contributed by atoms with van der Waals surface area (Å²) in [5, 5.41) is 2.48. The zero-order valence-corrected chi connectivity index (χ0v) is 14.8. The minimum absolute atomic E-state index is 0.0293. The fraction of sp³-hybridized carbons (Fsp3) is 0.316. The Balaban J connectivity index is 2.13. The molecule has 2 aromatic carbocycles. The molecule has 0 aliphatic rings. The summed E-state index contributed by atoms with van der Waals surface area (Å²) in [5.41, 5.74) is 5.16. The fourth-order valence-electron chi connectivity index (χ4n) is 2.37. The number of halogens is 3. The van der Waals surface area contributed by atoms with E-state index in [2.05, 4.69) is 5.32 Å². The lowest BCUT2D eigenvalue weighted by atomic mass is 10.1. The van der Waals surface area contributed by atoms with Gasteiger partial charge in [-0.05, 0) is 42.0 Å². The van der Waals surface area contributed by atoms with E-state index in [1.165, 1.54) is 12.1 Å². The molecule has 0 aliphatic heterocycles. The molecule has 0 aliphatic carbocycles. The second kappa shape index (κ2) is 9.38. The topological polar surface area (TPSA) is 73.6 Å². The molecule has 27 heavy (non-hydrogen) atoms. The molecule has 0 radical (unpaired) electrons. The summed E-state index contributed by atoms with van der Waals surface area (Å²) in [6.07, 6.45) is -3.83. The average Bonchev–Trinajstić information content (AvgIpc) is 2.64. The predicted molar refractivity (Wildman–Crippen MR) is 95.7 cm³/mol. The van der Waals surface area contributed by atoms with E-state index in [9.17, 15) is 18.0 Å². The zero-order valence-electron chi connectivity index (χ0n) is 14.8. The summed E-state index contributed by atoms with van der Waals surface area (Å²) < 4.78 is 49.4. The number of alkyl halides is 3. The maximum absolute atomic E-state index is 13.0. The van der Waals surface area contributed by atoms with Gasteiger partial charge >= 0.3 is 6.18 Å². The number of benzene rings is 2. The summed E-state index contributed by atoms with van der Waals surface area (Å²) in [5.74, 6) is -0.0509. The molecule has 3 N–H and O–H groups in total. The van der Waals surface area contributed by atoms with Gasteiger partial charge in [0.15, 0.2) is 0 Å². The first-order valence-corrected chi connectivity index (χ1v) is 8.28. The van der Waals surface area contributed by atoms with Gasteiger partial charge in [-0.1, -0.05) is 6.07 Å². The van der Waals surface area contributed by atoms with E-state index in [1.54, 1.807) is 25.3 Å². The van der Waals surface area contributed by atoms with Gasteiger partial charge in [0, 0.05) is 37.9 Å². The Morgan fingerprint density at radius 1 is 1.15 bits per heavy atom. The van der Waals surface area contributed by atoms with Crippen LogP contribution in [0.1, 0.15) is 27.9 Å². The zero-order chi connectivity index (χ0) is 19.9. The summed E-state index contributed by atoms with van der Waals surface area (Å²) in [6, 6.07) is 9.66. The van der Waals surface area contributed by atoms with Crippen molar-refractivity contribution in [1.29, 1.82) is 0 Å². The second-order valence-corrected chi connectivity index (χ2v) is 5.80. The normalized spacial score (nSPS) is 11.3. The van der Waals surface area contributed by atoms with Crippen LogP contribution >= 0.6 is 0 Å². The third-order valence-electron chi connectivity index (χ3n) is 3.67. The van der Waals surface area contributed by atoms with Crippen LogP contribution in [0, 0.1) is 0 Å². The Hall–Kier alpha value is -2.58. The Labute approximate surface area is 155 Å². The molecule has 0 saturated carbocycles. The van der Waals surface area contributed by atoms with Crippen molar-refractivity contribution in [3.8, 4) is 5.75 Å². The lowest BCUT2D eigenvalue weighted by Crippen LogP contribution is -2.14. The first kappa shape index (κ1) is 20.7. The van der Waals surface area contributed by atoms with Crippen molar-refractivity contribution in [2.75, 3.05) is 25.6 Å². The van der Waals surface area contributed by atoms with Crippen LogP contribution in [0.3, 0.4) is 0 Å². The quantitative estimate of drug-likeness (QED) is 0.681. The molecule has 0 atom stereocenters. The van der Waals surface area contributed by atoms with Crippen LogP contribution in [0.15, 0.2) is 42.5 Å². The van der Waals surface area contributed by atoms with E-state index in [0.29, 0.717) is 25.4 Å². The molecular formula is C19H21F3N2O3. The molecule has 0 unspecified atom stereocenters. The SMILES string of the molecule is COCCCOc1cccc(C(=O)Nc2cc(CN)cc(C(F)(F)F)c2)c1. The lowest BCUT2D eigenvalue weighted by Gasteiger charge is -2.13. The Morgan fingerprint density at radius 2 is 1.93 bits per heavy atom. The van der Waals surface area contributed by atoms with Crippen LogP contribution in [-0.4, -0.2) is 26.2 Å². The first-order valence-electron chi connectivity index (χ1n) is 8.28. The molecule has 2 aromatic rings. The molecule has 146 valence electrons. The van der Waals surface area contributed by atoms with E-state index < -0.39 is 17.6 Å². The van der Waals surface area contributed by atoms with Crippen molar-refractivity contribution < 1.29 is 27.4 Å². The summed E-state index contributed by atoms with van der Waals surface area (Å²) in [4.78, 5) is 12.4. The Bertz CT molecular complexity index is 779. The van der Waals surface area contributed by atoms with Crippen molar-refractivity contribution in [2.24, 2.45) is 5.73 Å². The highest BCUT2D eigenvalue weighted by Gasteiger charge is 2.31. The van der Waals surface area contributed by atoms with Crippen LogP contribution in [0.4, 0.5) is 18.9 Å². The van der Waals surface area contributed by atoms with Gasteiger partial charge in [0.2, 0.25) is 0 Å². The van der Waals surface area contributed by atoms with Crippen LogP contribution < -0.4 is 15.8 Å². The number of rotatable bonds is 8. The van der Waals surface area contributed by atoms with Gasteiger partial charge in [-0.3, -0.25) is 4.79 Å². The number of hydrogen-bond donors (Lipinski definition) is 2. The highest BCUT2D eigenvalue weighted by molar-refractivity contribution is 6.04. The fourth-order valence-corrected chi connectivity index (χ4v) is 2.37. The Kier molecular flexibility index (Phi) is 7.20. The molecule has 2 rings (SSSR count). The van der Waals surface area contributed by atoms with Crippen molar-refractivity contribution in [3.05, 3.63) is 59.2 Å². The average molecular weight is 382 g/mol. The number of ether oxygens (including phenoxy) is 2. The minimum Gasteiger partial charge on any atom is -0.493 e. The van der Waals surface area contributed by atoms with Gasteiger partial charge in [-0.2, -0.15) is 13.2 Å². The molecule has 8 heteroatoms. The molecule has 5 nitrogen and oxygen atoms in total. The highest BCUT2D eigenvalue weighted by Crippen LogP contribution is 2.32. The van der Waals surface area contributed by atoms with Crippen LogP contribution in [-0.2, 0) is 17.5 Å². The van der Waals surface area contributed by atoms with E-state index in [1.807, 2.05) is 0 Å². The number of nitrogens with one attached hydrogen (secondary N) is 1. The third kappa shape index (κ3) is 6.26. The van der Waals surface area contributed by atoms with Gasteiger partial charge in [0.05, 0.1) is 12.2 Å². The van der Waals surface area contributed by atoms with Gasteiger partial charge in [-0.15, -0.1) is 0 Å². The second-order valence-electron chi connectivity index (χ2n) is 5.80. The minimum atomic E-state index is -4.53. The van der Waals surface area contributed by atoms with Crippen LogP contribution in [0.2, 0.25) is 0 Å². The maximum Gasteiger partial charge on any atom is 0.416 e. The molecular weight excluding hydrogens is 361 g/mol.